The zero-order valence-electron chi connectivity index (χ0n) is 8.07. The Bertz CT molecular complexity index is 342. The molecule has 1 rings (SSSR count). The molecular weight excluding hydrogens is 191 g/mol. The van der Waals surface area contributed by atoms with Gasteiger partial charge in [-0.1, -0.05) is 13.0 Å². The molecule has 1 aromatic carbocycles. The highest BCUT2D eigenvalue weighted by atomic mass is 19.4. The molecule has 1 nitrogen and oxygen atoms in total. The average molecular weight is 203 g/mol. The van der Waals surface area contributed by atoms with Gasteiger partial charge in [-0.25, -0.2) is 0 Å². The smallest absolute Gasteiger partial charge is 0.399 e. The normalized spacial score (nSPS) is 11.8. The summed E-state index contributed by atoms with van der Waals surface area (Å²) in [6.45, 7) is 3.40. The first-order chi connectivity index (χ1) is 6.36. The van der Waals surface area contributed by atoms with Crippen LogP contribution in [-0.2, 0) is 12.6 Å². The van der Waals surface area contributed by atoms with Crippen LogP contribution in [0.1, 0.15) is 23.6 Å². The molecule has 0 aliphatic carbocycles. The van der Waals surface area contributed by atoms with E-state index in [0.29, 0.717) is 17.5 Å². The van der Waals surface area contributed by atoms with E-state index in [2.05, 4.69) is 0 Å². The van der Waals surface area contributed by atoms with Crippen molar-refractivity contribution in [3.63, 3.8) is 0 Å². The van der Waals surface area contributed by atoms with Gasteiger partial charge < -0.3 is 5.73 Å². The van der Waals surface area contributed by atoms with Crippen LogP contribution in [0.2, 0.25) is 0 Å². The lowest BCUT2D eigenvalue weighted by atomic mass is 10.0. The van der Waals surface area contributed by atoms with Gasteiger partial charge in [0, 0.05) is 5.69 Å². The van der Waals surface area contributed by atoms with Gasteiger partial charge in [-0.2, -0.15) is 13.2 Å². The molecule has 0 spiro atoms. The molecule has 0 amide bonds. The maximum Gasteiger partial charge on any atom is 0.416 e. The molecule has 0 aliphatic heterocycles. The summed E-state index contributed by atoms with van der Waals surface area (Å²) in [6.07, 6.45) is -3.96. The fraction of sp³-hybridized carbons (Fsp3) is 0.400. The van der Waals surface area contributed by atoms with E-state index in [9.17, 15) is 13.2 Å². The van der Waals surface area contributed by atoms with Crippen molar-refractivity contribution in [2.24, 2.45) is 0 Å². The Kier molecular flexibility index (Phi) is 2.73. The van der Waals surface area contributed by atoms with Crippen LogP contribution in [0, 0.1) is 6.92 Å². The minimum absolute atomic E-state index is 0.189. The summed E-state index contributed by atoms with van der Waals surface area (Å²) in [5, 5.41) is 0. The van der Waals surface area contributed by atoms with E-state index in [4.69, 9.17) is 5.73 Å². The third kappa shape index (κ3) is 2.00. The van der Waals surface area contributed by atoms with E-state index in [-0.39, 0.29) is 5.69 Å². The molecule has 78 valence electrons. The maximum atomic E-state index is 12.5. The summed E-state index contributed by atoms with van der Waals surface area (Å²) in [7, 11) is 0. The molecule has 1 aromatic rings. The molecule has 0 saturated heterocycles. The van der Waals surface area contributed by atoms with Crippen LogP contribution < -0.4 is 5.73 Å². The number of rotatable bonds is 1. The fourth-order valence-electron chi connectivity index (χ4n) is 1.34. The quantitative estimate of drug-likeness (QED) is 0.697. The van der Waals surface area contributed by atoms with Crippen LogP contribution in [0.4, 0.5) is 18.9 Å². The van der Waals surface area contributed by atoms with Gasteiger partial charge in [0.2, 0.25) is 0 Å². The van der Waals surface area contributed by atoms with Crippen LogP contribution in [0.5, 0.6) is 0 Å². The number of anilines is 1. The van der Waals surface area contributed by atoms with Gasteiger partial charge in [-0.15, -0.1) is 0 Å². The number of nitrogen functional groups attached to an aromatic ring is 1. The van der Waals surface area contributed by atoms with Gasteiger partial charge >= 0.3 is 6.18 Å². The summed E-state index contributed by atoms with van der Waals surface area (Å²) in [5.41, 5.74) is 5.99. The summed E-state index contributed by atoms with van der Waals surface area (Å²) >= 11 is 0. The summed E-state index contributed by atoms with van der Waals surface area (Å²) in [6, 6.07) is 2.51. The number of nitrogens with two attached hydrogens (primary N) is 1. The minimum atomic E-state index is -4.31. The highest BCUT2D eigenvalue weighted by Crippen LogP contribution is 2.34. The Labute approximate surface area is 80.7 Å². The van der Waals surface area contributed by atoms with Gasteiger partial charge in [-0.3, -0.25) is 0 Å². The average Bonchev–Trinajstić information content (AvgIpc) is 2.07. The van der Waals surface area contributed by atoms with E-state index >= 15 is 0 Å². The first-order valence-corrected chi connectivity index (χ1v) is 4.32. The van der Waals surface area contributed by atoms with Crippen molar-refractivity contribution in [3.05, 3.63) is 28.8 Å². The van der Waals surface area contributed by atoms with E-state index < -0.39 is 11.7 Å². The molecule has 2 N–H and O–H groups in total. The fourth-order valence-corrected chi connectivity index (χ4v) is 1.34. The number of aryl methyl sites for hydroxylation is 2. The molecule has 14 heavy (non-hydrogen) atoms. The summed E-state index contributed by atoms with van der Waals surface area (Å²) < 4.78 is 37.5. The predicted molar refractivity (Wildman–Crippen MR) is 50.0 cm³/mol. The molecule has 0 bridgehead atoms. The second kappa shape index (κ2) is 3.52. The standard InChI is InChI=1S/C10H12F3N/c1-3-7-4-6(2)9(14)5-8(7)10(11,12)13/h4-5H,3,14H2,1-2H3. The largest absolute Gasteiger partial charge is 0.416 e. The van der Waals surface area contributed by atoms with E-state index in [0.717, 1.165) is 6.07 Å². The van der Waals surface area contributed by atoms with Gasteiger partial charge in [0.15, 0.2) is 0 Å². The van der Waals surface area contributed by atoms with Crippen LogP contribution in [0.15, 0.2) is 12.1 Å². The van der Waals surface area contributed by atoms with E-state index in [1.807, 2.05) is 0 Å². The molecule has 0 aromatic heterocycles. The van der Waals surface area contributed by atoms with Gasteiger partial charge in [0.1, 0.15) is 0 Å². The Morgan fingerprint density at radius 2 is 1.86 bits per heavy atom. The maximum absolute atomic E-state index is 12.5. The second-order valence-electron chi connectivity index (χ2n) is 3.22. The molecule has 4 heteroatoms. The van der Waals surface area contributed by atoms with Crippen molar-refractivity contribution in [2.75, 3.05) is 5.73 Å². The third-order valence-corrected chi connectivity index (χ3v) is 2.18. The second-order valence-corrected chi connectivity index (χ2v) is 3.22. The lowest BCUT2D eigenvalue weighted by molar-refractivity contribution is -0.138. The van der Waals surface area contributed by atoms with Crippen LogP contribution in [-0.4, -0.2) is 0 Å². The number of benzene rings is 1. The topological polar surface area (TPSA) is 26.0 Å². The first-order valence-electron chi connectivity index (χ1n) is 4.32. The molecule has 0 unspecified atom stereocenters. The molecule has 0 saturated carbocycles. The Morgan fingerprint density at radius 3 is 2.29 bits per heavy atom. The van der Waals surface area contributed by atoms with Crippen molar-refractivity contribution in [1.82, 2.24) is 0 Å². The van der Waals surface area contributed by atoms with Crippen molar-refractivity contribution in [3.8, 4) is 0 Å². The van der Waals surface area contributed by atoms with Crippen molar-refractivity contribution in [1.29, 1.82) is 0 Å². The zero-order chi connectivity index (χ0) is 10.9. The summed E-state index contributed by atoms with van der Waals surface area (Å²) in [5.74, 6) is 0. The SMILES string of the molecule is CCc1cc(C)c(N)cc1C(F)(F)F. The number of alkyl halides is 3. The number of hydrogen-bond acceptors (Lipinski definition) is 1. The van der Waals surface area contributed by atoms with E-state index in [1.54, 1.807) is 13.8 Å². The molecule has 0 fully saturated rings. The monoisotopic (exact) mass is 203 g/mol. The Morgan fingerprint density at radius 1 is 1.29 bits per heavy atom. The zero-order valence-corrected chi connectivity index (χ0v) is 8.07. The van der Waals surface area contributed by atoms with Crippen LogP contribution in [0.25, 0.3) is 0 Å². The molecule has 0 heterocycles. The highest BCUT2D eigenvalue weighted by Gasteiger charge is 2.33. The Hall–Kier alpha value is -1.19. The highest BCUT2D eigenvalue weighted by molar-refractivity contribution is 5.52. The number of halogens is 3. The number of hydrogen-bond donors (Lipinski definition) is 1. The lowest BCUT2D eigenvalue weighted by Crippen LogP contribution is -2.10. The molecule has 0 aliphatic rings. The van der Waals surface area contributed by atoms with E-state index in [1.165, 1.54) is 6.07 Å². The van der Waals surface area contributed by atoms with Crippen molar-refractivity contribution >= 4 is 5.69 Å². The van der Waals surface area contributed by atoms with Gasteiger partial charge in [-0.05, 0) is 30.5 Å². The third-order valence-electron chi connectivity index (χ3n) is 2.18. The van der Waals surface area contributed by atoms with Crippen LogP contribution >= 0.6 is 0 Å². The first kappa shape index (κ1) is 10.9. The predicted octanol–water partition coefficient (Wildman–Crippen LogP) is 3.16. The van der Waals surface area contributed by atoms with Gasteiger partial charge in [0.05, 0.1) is 5.56 Å². The van der Waals surface area contributed by atoms with Crippen molar-refractivity contribution in [2.45, 2.75) is 26.4 Å². The van der Waals surface area contributed by atoms with Crippen molar-refractivity contribution < 1.29 is 13.2 Å². The molecular formula is C10H12F3N. The lowest BCUT2D eigenvalue weighted by Gasteiger charge is -2.13. The van der Waals surface area contributed by atoms with Crippen LogP contribution in [0.3, 0.4) is 0 Å². The minimum Gasteiger partial charge on any atom is -0.399 e. The van der Waals surface area contributed by atoms with Gasteiger partial charge in [0.25, 0.3) is 0 Å². The molecule has 0 radical (unpaired) electrons. The summed E-state index contributed by atoms with van der Waals surface area (Å²) in [4.78, 5) is 0. The molecule has 0 atom stereocenters. The Balaban J connectivity index is 3.35.